The molecule has 4 heteroatoms. The van der Waals surface area contributed by atoms with E-state index in [2.05, 4.69) is 0 Å². The van der Waals surface area contributed by atoms with E-state index in [1.165, 1.54) is 0 Å². The number of carbonyl (C=O) groups excluding carboxylic acids is 1. The van der Waals surface area contributed by atoms with Crippen LogP contribution in [0.15, 0.2) is 24.3 Å². The average Bonchev–Trinajstić information content (AvgIpc) is 2.27. The van der Waals surface area contributed by atoms with Crippen molar-refractivity contribution in [3.05, 3.63) is 35.4 Å². The van der Waals surface area contributed by atoms with Crippen LogP contribution in [0.1, 0.15) is 36.2 Å². The summed E-state index contributed by atoms with van der Waals surface area (Å²) < 4.78 is 0. The Balaban J connectivity index is 2.29. The third-order valence-corrected chi connectivity index (χ3v) is 3.41. The Kier molecular flexibility index (Phi) is 3.11. The third-order valence-electron chi connectivity index (χ3n) is 3.41. The number of carboxylic acids is 1. The normalized spacial score (nSPS) is 15.4. The average molecular weight is 247 g/mol. The van der Waals surface area contributed by atoms with E-state index in [9.17, 15) is 9.59 Å². The monoisotopic (exact) mass is 247 g/mol. The number of rotatable bonds is 3. The smallest absolute Gasteiger partial charge is 0.305 e. The molecule has 0 saturated heterocycles. The van der Waals surface area contributed by atoms with Crippen molar-refractivity contribution >= 4 is 11.9 Å². The quantitative estimate of drug-likeness (QED) is 0.888. The van der Waals surface area contributed by atoms with Crippen LogP contribution in [-0.2, 0) is 11.2 Å². The van der Waals surface area contributed by atoms with Gasteiger partial charge in [0.25, 0.3) is 5.91 Å². The van der Waals surface area contributed by atoms with Gasteiger partial charge in [-0.1, -0.05) is 18.2 Å². The fraction of sp³-hybridized carbons (Fsp3) is 0.429. The van der Waals surface area contributed by atoms with Crippen LogP contribution in [0.3, 0.4) is 0 Å². The Hall–Kier alpha value is -1.84. The van der Waals surface area contributed by atoms with E-state index in [1.807, 2.05) is 18.2 Å². The number of amides is 1. The van der Waals surface area contributed by atoms with Crippen molar-refractivity contribution in [1.82, 2.24) is 4.90 Å². The number of benzene rings is 1. The number of nitrogens with zero attached hydrogens (tertiary/aromatic N) is 1. The molecule has 0 atom stereocenters. The van der Waals surface area contributed by atoms with Gasteiger partial charge < -0.3 is 10.0 Å². The fourth-order valence-corrected chi connectivity index (χ4v) is 2.47. The Labute approximate surface area is 106 Å². The van der Waals surface area contributed by atoms with Gasteiger partial charge >= 0.3 is 5.97 Å². The van der Waals surface area contributed by atoms with Gasteiger partial charge in [-0.05, 0) is 31.9 Å². The summed E-state index contributed by atoms with van der Waals surface area (Å²) in [4.78, 5) is 24.9. The van der Waals surface area contributed by atoms with Gasteiger partial charge in [-0.3, -0.25) is 9.59 Å². The Morgan fingerprint density at radius 1 is 1.39 bits per heavy atom. The summed E-state index contributed by atoms with van der Waals surface area (Å²) in [5, 5.41) is 8.92. The lowest BCUT2D eigenvalue weighted by Gasteiger charge is -2.40. The van der Waals surface area contributed by atoms with Crippen LogP contribution in [0.2, 0.25) is 0 Å². The van der Waals surface area contributed by atoms with E-state index >= 15 is 0 Å². The number of fused-ring (bicyclic) bond motifs is 1. The van der Waals surface area contributed by atoms with Crippen molar-refractivity contribution in [1.29, 1.82) is 0 Å². The molecule has 0 aromatic heterocycles. The zero-order valence-corrected chi connectivity index (χ0v) is 10.6. The number of carboxylic acid groups (broad SMARTS) is 1. The van der Waals surface area contributed by atoms with Crippen molar-refractivity contribution < 1.29 is 14.7 Å². The van der Waals surface area contributed by atoms with Crippen LogP contribution in [0.4, 0.5) is 0 Å². The molecular weight excluding hydrogens is 230 g/mol. The van der Waals surface area contributed by atoms with E-state index in [0.29, 0.717) is 12.1 Å². The van der Waals surface area contributed by atoms with Gasteiger partial charge in [-0.25, -0.2) is 0 Å². The van der Waals surface area contributed by atoms with Crippen molar-refractivity contribution in [3.8, 4) is 0 Å². The van der Waals surface area contributed by atoms with E-state index in [0.717, 1.165) is 12.0 Å². The highest BCUT2D eigenvalue weighted by Crippen LogP contribution is 2.27. The molecule has 0 fully saturated rings. The zero-order chi connectivity index (χ0) is 13.3. The molecule has 0 unspecified atom stereocenters. The van der Waals surface area contributed by atoms with E-state index in [1.54, 1.807) is 24.8 Å². The first kappa shape index (κ1) is 12.6. The van der Waals surface area contributed by atoms with Crippen LogP contribution in [-0.4, -0.2) is 34.0 Å². The lowest BCUT2D eigenvalue weighted by molar-refractivity contribution is -0.139. The van der Waals surface area contributed by atoms with Gasteiger partial charge in [0.05, 0.1) is 6.42 Å². The molecule has 1 aromatic rings. The highest BCUT2D eigenvalue weighted by atomic mass is 16.4. The molecule has 1 aliphatic rings. The van der Waals surface area contributed by atoms with E-state index in [-0.39, 0.29) is 12.3 Å². The number of aliphatic carboxylic acids is 1. The Morgan fingerprint density at radius 3 is 2.72 bits per heavy atom. The van der Waals surface area contributed by atoms with E-state index in [4.69, 9.17) is 5.11 Å². The zero-order valence-electron chi connectivity index (χ0n) is 10.6. The first-order valence-corrected chi connectivity index (χ1v) is 6.03. The topological polar surface area (TPSA) is 57.6 Å². The fourth-order valence-electron chi connectivity index (χ4n) is 2.47. The molecule has 2 rings (SSSR count). The SMILES string of the molecule is CC(C)(CC(=O)O)N1CCc2ccccc2C1=O. The molecule has 4 nitrogen and oxygen atoms in total. The molecule has 0 saturated carbocycles. The predicted octanol–water partition coefficient (Wildman–Crippen LogP) is 1.94. The first-order valence-electron chi connectivity index (χ1n) is 6.03. The summed E-state index contributed by atoms with van der Waals surface area (Å²) >= 11 is 0. The minimum Gasteiger partial charge on any atom is -0.481 e. The molecule has 1 heterocycles. The molecule has 1 amide bonds. The maximum absolute atomic E-state index is 12.4. The van der Waals surface area contributed by atoms with Gasteiger partial charge in [0.2, 0.25) is 0 Å². The molecular formula is C14H17NO3. The second kappa shape index (κ2) is 4.44. The summed E-state index contributed by atoms with van der Waals surface area (Å²) in [6.07, 6.45) is 0.742. The summed E-state index contributed by atoms with van der Waals surface area (Å²) in [6.45, 7) is 4.18. The van der Waals surface area contributed by atoms with Crippen molar-refractivity contribution in [2.45, 2.75) is 32.2 Å². The molecule has 1 N–H and O–H groups in total. The second-order valence-corrected chi connectivity index (χ2v) is 5.25. The highest BCUT2D eigenvalue weighted by molar-refractivity contribution is 5.97. The maximum atomic E-state index is 12.4. The van der Waals surface area contributed by atoms with Crippen LogP contribution in [0.25, 0.3) is 0 Å². The second-order valence-electron chi connectivity index (χ2n) is 5.25. The van der Waals surface area contributed by atoms with Crippen LogP contribution >= 0.6 is 0 Å². The standard InChI is InChI=1S/C14H17NO3/c1-14(2,9-12(16)17)15-8-7-10-5-3-4-6-11(10)13(15)18/h3-6H,7-9H2,1-2H3,(H,16,17). The molecule has 0 bridgehead atoms. The summed E-state index contributed by atoms with van der Waals surface area (Å²) in [7, 11) is 0. The molecule has 0 spiro atoms. The largest absolute Gasteiger partial charge is 0.481 e. The third kappa shape index (κ3) is 2.23. The van der Waals surface area contributed by atoms with Crippen LogP contribution < -0.4 is 0 Å². The first-order chi connectivity index (χ1) is 8.42. The molecule has 18 heavy (non-hydrogen) atoms. The highest BCUT2D eigenvalue weighted by Gasteiger charge is 2.36. The Bertz CT molecular complexity index is 494. The minimum absolute atomic E-state index is 0.0408. The molecule has 0 aliphatic carbocycles. The summed E-state index contributed by atoms with van der Waals surface area (Å²) in [5.74, 6) is -0.949. The van der Waals surface area contributed by atoms with Crippen LogP contribution in [0, 0.1) is 0 Å². The Morgan fingerprint density at radius 2 is 2.06 bits per heavy atom. The minimum atomic E-state index is -0.883. The molecule has 1 aromatic carbocycles. The van der Waals surface area contributed by atoms with Crippen molar-refractivity contribution in [3.63, 3.8) is 0 Å². The van der Waals surface area contributed by atoms with Gasteiger partial charge in [-0.2, -0.15) is 0 Å². The number of carbonyl (C=O) groups is 2. The maximum Gasteiger partial charge on any atom is 0.305 e. The van der Waals surface area contributed by atoms with E-state index < -0.39 is 11.5 Å². The summed E-state index contributed by atoms with van der Waals surface area (Å²) in [6, 6.07) is 7.52. The number of hydrogen-bond acceptors (Lipinski definition) is 2. The lowest BCUT2D eigenvalue weighted by Crippen LogP contribution is -2.51. The van der Waals surface area contributed by atoms with Gasteiger partial charge in [0, 0.05) is 17.6 Å². The molecule has 0 radical (unpaired) electrons. The number of hydrogen-bond donors (Lipinski definition) is 1. The van der Waals surface area contributed by atoms with Gasteiger partial charge in [0.15, 0.2) is 0 Å². The lowest BCUT2D eigenvalue weighted by atomic mass is 9.91. The van der Waals surface area contributed by atoms with Crippen molar-refractivity contribution in [2.75, 3.05) is 6.54 Å². The van der Waals surface area contributed by atoms with Crippen molar-refractivity contribution in [2.24, 2.45) is 0 Å². The summed E-state index contributed by atoms with van der Waals surface area (Å²) in [5.41, 5.74) is 1.09. The van der Waals surface area contributed by atoms with Gasteiger partial charge in [0.1, 0.15) is 0 Å². The molecule has 1 aliphatic heterocycles. The van der Waals surface area contributed by atoms with Crippen LogP contribution in [0.5, 0.6) is 0 Å². The molecule has 96 valence electrons. The van der Waals surface area contributed by atoms with Gasteiger partial charge in [-0.15, -0.1) is 0 Å². The predicted molar refractivity (Wildman–Crippen MR) is 67.5 cm³/mol.